The van der Waals surface area contributed by atoms with E-state index in [1.807, 2.05) is 37.3 Å². The highest BCUT2D eigenvalue weighted by molar-refractivity contribution is 5.78. The van der Waals surface area contributed by atoms with Gasteiger partial charge in [0.25, 0.3) is 0 Å². The predicted molar refractivity (Wildman–Crippen MR) is 163 cm³/mol. The Bertz CT molecular complexity index is 1460. The first-order valence-electron chi connectivity index (χ1n) is 14.2. The molecule has 210 valence electrons. The van der Waals surface area contributed by atoms with Gasteiger partial charge in [0.2, 0.25) is 0 Å². The van der Waals surface area contributed by atoms with Crippen LogP contribution in [0, 0.1) is 0 Å². The van der Waals surface area contributed by atoms with Crippen molar-refractivity contribution < 1.29 is 23.7 Å². The van der Waals surface area contributed by atoms with Crippen LogP contribution in [0.4, 0.5) is 0 Å². The lowest BCUT2D eigenvalue weighted by Crippen LogP contribution is -2.28. The molecule has 2 atom stereocenters. The minimum atomic E-state index is -0.609. The van der Waals surface area contributed by atoms with Crippen LogP contribution < -0.4 is 4.74 Å². The summed E-state index contributed by atoms with van der Waals surface area (Å²) in [5.41, 5.74) is 7.90. The zero-order valence-electron chi connectivity index (χ0n) is 23.6. The zero-order chi connectivity index (χ0) is 28.4. The third kappa shape index (κ3) is 7.12. The van der Waals surface area contributed by atoms with Crippen molar-refractivity contribution in [3.05, 3.63) is 125 Å². The lowest BCUT2D eigenvalue weighted by molar-refractivity contribution is -0.156. The Morgan fingerprint density at radius 1 is 0.732 bits per heavy atom. The van der Waals surface area contributed by atoms with E-state index in [0.29, 0.717) is 32.8 Å². The lowest BCUT2D eigenvalue weighted by atomic mass is 9.93. The second kappa shape index (κ2) is 13.9. The standard InChI is InChI=1S/C36H36O5/c1-3-38-34(36(37)39-4-2)24-26-14-20-31(21-15-26)40-22-23-41-35-32-13-9-8-12-28(32)16-17-29-18-19-30(25-33(29)35)27-10-6-5-7-11-27/h5-21,25,34-35H,3-4,22-24H2,1-2H3. The summed E-state index contributed by atoms with van der Waals surface area (Å²) in [6.45, 7) is 5.28. The van der Waals surface area contributed by atoms with Crippen LogP contribution in [0.2, 0.25) is 0 Å². The van der Waals surface area contributed by atoms with Gasteiger partial charge in [0.05, 0.1) is 13.2 Å². The molecule has 0 saturated heterocycles. The number of ether oxygens (including phenoxy) is 4. The Kier molecular flexibility index (Phi) is 9.63. The van der Waals surface area contributed by atoms with E-state index in [4.69, 9.17) is 18.9 Å². The fourth-order valence-electron chi connectivity index (χ4n) is 5.10. The summed E-state index contributed by atoms with van der Waals surface area (Å²) in [7, 11) is 0. The third-order valence-corrected chi connectivity index (χ3v) is 7.10. The molecule has 0 aliphatic heterocycles. The van der Waals surface area contributed by atoms with Gasteiger partial charge in [-0.1, -0.05) is 91.0 Å². The number of fused-ring (bicyclic) bond motifs is 2. The first-order valence-corrected chi connectivity index (χ1v) is 14.2. The van der Waals surface area contributed by atoms with Crippen LogP contribution in [0.25, 0.3) is 23.3 Å². The molecule has 41 heavy (non-hydrogen) atoms. The Hall–Kier alpha value is -4.19. The van der Waals surface area contributed by atoms with Crippen molar-refractivity contribution in [3.8, 4) is 16.9 Å². The van der Waals surface area contributed by atoms with Crippen molar-refractivity contribution in [3.63, 3.8) is 0 Å². The minimum Gasteiger partial charge on any atom is -0.491 e. The van der Waals surface area contributed by atoms with E-state index in [2.05, 4.69) is 78.9 Å². The second-order valence-corrected chi connectivity index (χ2v) is 9.82. The van der Waals surface area contributed by atoms with Gasteiger partial charge in [0.1, 0.15) is 18.5 Å². The van der Waals surface area contributed by atoms with Gasteiger partial charge in [0, 0.05) is 13.0 Å². The monoisotopic (exact) mass is 548 g/mol. The summed E-state index contributed by atoms with van der Waals surface area (Å²) >= 11 is 0. The molecule has 0 bridgehead atoms. The fourth-order valence-corrected chi connectivity index (χ4v) is 5.10. The molecule has 0 aromatic heterocycles. The van der Waals surface area contributed by atoms with Crippen molar-refractivity contribution in [2.75, 3.05) is 26.4 Å². The van der Waals surface area contributed by atoms with Gasteiger partial charge >= 0.3 is 5.97 Å². The van der Waals surface area contributed by atoms with Crippen molar-refractivity contribution in [1.29, 1.82) is 0 Å². The van der Waals surface area contributed by atoms with Gasteiger partial charge in [-0.25, -0.2) is 4.79 Å². The Morgan fingerprint density at radius 3 is 2.22 bits per heavy atom. The van der Waals surface area contributed by atoms with E-state index in [1.54, 1.807) is 6.92 Å². The van der Waals surface area contributed by atoms with Crippen molar-refractivity contribution in [2.45, 2.75) is 32.5 Å². The molecule has 0 saturated carbocycles. The van der Waals surface area contributed by atoms with Crippen molar-refractivity contribution in [2.24, 2.45) is 0 Å². The van der Waals surface area contributed by atoms with Crippen molar-refractivity contribution in [1.82, 2.24) is 0 Å². The molecule has 0 fully saturated rings. The highest BCUT2D eigenvalue weighted by Crippen LogP contribution is 2.37. The molecular formula is C36H36O5. The number of rotatable bonds is 12. The van der Waals surface area contributed by atoms with Gasteiger partial charge < -0.3 is 18.9 Å². The van der Waals surface area contributed by atoms with E-state index in [9.17, 15) is 4.79 Å². The van der Waals surface area contributed by atoms with E-state index in [-0.39, 0.29) is 12.1 Å². The number of esters is 1. The molecule has 0 heterocycles. The number of hydrogen-bond acceptors (Lipinski definition) is 5. The SMILES string of the molecule is CCOC(=O)C(Cc1ccc(OCCOC2c3ccccc3C=Cc3ccc(-c4ccccc4)cc32)cc1)OCC. The Morgan fingerprint density at radius 2 is 1.46 bits per heavy atom. The molecule has 0 N–H and O–H groups in total. The molecule has 4 aromatic rings. The maximum atomic E-state index is 12.2. The molecule has 0 spiro atoms. The second-order valence-electron chi connectivity index (χ2n) is 9.82. The van der Waals surface area contributed by atoms with Crippen molar-refractivity contribution >= 4 is 18.1 Å². The van der Waals surface area contributed by atoms with Crippen LogP contribution in [-0.2, 0) is 25.4 Å². The maximum absolute atomic E-state index is 12.2. The lowest BCUT2D eigenvalue weighted by Gasteiger charge is -2.22. The van der Waals surface area contributed by atoms with E-state index < -0.39 is 6.10 Å². The number of hydrogen-bond donors (Lipinski definition) is 0. The average Bonchev–Trinajstić information content (AvgIpc) is 3.17. The maximum Gasteiger partial charge on any atom is 0.335 e. The summed E-state index contributed by atoms with van der Waals surface area (Å²) < 4.78 is 23.3. The summed E-state index contributed by atoms with van der Waals surface area (Å²) in [6, 6.07) is 33.1. The normalized spacial score (nSPS) is 14.4. The van der Waals surface area contributed by atoms with Gasteiger partial charge in [-0.15, -0.1) is 0 Å². The van der Waals surface area contributed by atoms with Gasteiger partial charge in [-0.3, -0.25) is 0 Å². The van der Waals surface area contributed by atoms with Crippen LogP contribution in [0.15, 0.2) is 97.1 Å². The van der Waals surface area contributed by atoms with Crippen LogP contribution >= 0.6 is 0 Å². The Balaban J connectivity index is 1.25. The summed E-state index contributed by atoms with van der Waals surface area (Å²) in [5, 5.41) is 0. The molecule has 5 rings (SSSR count). The van der Waals surface area contributed by atoms with E-state index in [0.717, 1.165) is 39.1 Å². The topological polar surface area (TPSA) is 54.0 Å². The number of benzene rings is 4. The number of carbonyl (C=O) groups excluding carboxylic acids is 1. The first kappa shape index (κ1) is 28.3. The highest BCUT2D eigenvalue weighted by Gasteiger charge is 2.23. The summed E-state index contributed by atoms with van der Waals surface area (Å²) in [5.74, 6) is 0.413. The van der Waals surface area contributed by atoms with Crippen LogP contribution in [0.3, 0.4) is 0 Å². The molecule has 0 amide bonds. The minimum absolute atomic E-state index is 0.218. The third-order valence-electron chi connectivity index (χ3n) is 7.10. The molecule has 0 radical (unpaired) electrons. The summed E-state index contributed by atoms with van der Waals surface area (Å²) in [4.78, 5) is 12.2. The summed E-state index contributed by atoms with van der Waals surface area (Å²) in [6.07, 6.45) is 3.96. The molecule has 2 unspecified atom stereocenters. The largest absolute Gasteiger partial charge is 0.491 e. The number of carbonyl (C=O) groups is 1. The fraction of sp³-hybridized carbons (Fsp3) is 0.250. The molecule has 1 aliphatic rings. The molecule has 5 heteroatoms. The van der Waals surface area contributed by atoms with Crippen LogP contribution in [0.5, 0.6) is 5.75 Å². The van der Waals surface area contributed by atoms with Gasteiger partial charge in [0.15, 0.2) is 6.10 Å². The van der Waals surface area contributed by atoms with Crippen LogP contribution in [-0.4, -0.2) is 38.5 Å². The smallest absolute Gasteiger partial charge is 0.335 e. The van der Waals surface area contributed by atoms with Crippen LogP contribution in [0.1, 0.15) is 47.8 Å². The van der Waals surface area contributed by atoms with E-state index in [1.165, 1.54) is 5.56 Å². The zero-order valence-corrected chi connectivity index (χ0v) is 23.6. The quantitative estimate of drug-likeness (QED) is 0.135. The average molecular weight is 549 g/mol. The first-order chi connectivity index (χ1) is 20.2. The molecule has 1 aliphatic carbocycles. The molecule has 4 aromatic carbocycles. The predicted octanol–water partition coefficient (Wildman–Crippen LogP) is 7.53. The van der Waals surface area contributed by atoms with Gasteiger partial charge in [-0.05, 0) is 71.0 Å². The van der Waals surface area contributed by atoms with Gasteiger partial charge in [-0.2, -0.15) is 0 Å². The molecular weight excluding hydrogens is 512 g/mol. The van der Waals surface area contributed by atoms with E-state index >= 15 is 0 Å². The highest BCUT2D eigenvalue weighted by atomic mass is 16.6. The Labute approximate surface area is 242 Å². The molecule has 5 nitrogen and oxygen atoms in total.